The van der Waals surface area contributed by atoms with Gasteiger partial charge in [0.1, 0.15) is 13.7 Å². The summed E-state index contributed by atoms with van der Waals surface area (Å²) in [4.78, 5) is 20.2. The maximum absolute atomic E-state index is 11.7. The van der Waals surface area contributed by atoms with Crippen LogP contribution in [-0.2, 0) is 0 Å². The molecule has 0 saturated heterocycles. The fourth-order valence-electron chi connectivity index (χ4n) is 2.76. The van der Waals surface area contributed by atoms with Crippen LogP contribution in [-0.4, -0.2) is 45.9 Å². The first-order chi connectivity index (χ1) is 11.0. The van der Waals surface area contributed by atoms with Crippen LogP contribution < -0.4 is 16.4 Å². The van der Waals surface area contributed by atoms with Gasteiger partial charge in [0.25, 0.3) is 5.91 Å². The molecule has 1 amide bonds. The van der Waals surface area contributed by atoms with Crippen LogP contribution >= 0.6 is 0 Å². The molecule has 1 aromatic rings. The first kappa shape index (κ1) is 18.5. The van der Waals surface area contributed by atoms with E-state index in [0.29, 0.717) is 18.8 Å². The minimum Gasteiger partial charge on any atom is -0.393 e. The Balaban J connectivity index is 2.29. The fraction of sp³-hybridized carbons (Fsp3) is 0.688. The standard InChI is InChI=1S/C16H26BN5O2/c1-9-5-6-16(17,7-11(9)23)21-13-10(12(18)24)8-19-14(20-13)22-15(2,3)4/h8-9,11,23H,5-7H2,1-4H3,(H2,18,24)(H2,19,20,21,22)/t9-,11-,16-/m1/s1. The Labute approximate surface area is 144 Å². The second-order valence-corrected chi connectivity index (χ2v) is 7.76. The topological polar surface area (TPSA) is 113 Å². The second kappa shape index (κ2) is 6.59. The summed E-state index contributed by atoms with van der Waals surface area (Å²) in [5.74, 6) is 0.229. The number of primary amides is 1. The average molecular weight is 331 g/mol. The molecule has 0 unspecified atom stereocenters. The van der Waals surface area contributed by atoms with Crippen LogP contribution in [0.25, 0.3) is 0 Å². The average Bonchev–Trinajstić information content (AvgIpc) is 2.41. The van der Waals surface area contributed by atoms with E-state index in [1.807, 2.05) is 27.7 Å². The van der Waals surface area contributed by atoms with Gasteiger partial charge < -0.3 is 21.5 Å². The fourth-order valence-corrected chi connectivity index (χ4v) is 2.76. The Morgan fingerprint density at radius 1 is 1.50 bits per heavy atom. The van der Waals surface area contributed by atoms with Gasteiger partial charge in [0, 0.05) is 17.2 Å². The number of hydrogen-bond acceptors (Lipinski definition) is 6. The van der Waals surface area contributed by atoms with E-state index in [1.165, 1.54) is 6.20 Å². The van der Waals surface area contributed by atoms with Crippen molar-refractivity contribution in [3.63, 3.8) is 0 Å². The predicted octanol–water partition coefficient (Wildman–Crippen LogP) is 1.24. The van der Waals surface area contributed by atoms with Gasteiger partial charge in [0.05, 0.1) is 11.7 Å². The van der Waals surface area contributed by atoms with Crippen LogP contribution in [0.5, 0.6) is 0 Å². The highest BCUT2D eigenvalue weighted by atomic mass is 16.3. The predicted molar refractivity (Wildman–Crippen MR) is 95.1 cm³/mol. The quantitative estimate of drug-likeness (QED) is 0.618. The van der Waals surface area contributed by atoms with Gasteiger partial charge in [0.15, 0.2) is 0 Å². The summed E-state index contributed by atoms with van der Waals surface area (Å²) in [6.07, 6.45) is 2.71. The molecule has 0 aromatic carbocycles. The number of hydrogen-bond donors (Lipinski definition) is 4. The van der Waals surface area contributed by atoms with E-state index >= 15 is 0 Å². The van der Waals surface area contributed by atoms with Crippen LogP contribution in [0.15, 0.2) is 6.20 Å². The van der Waals surface area contributed by atoms with Crippen LogP contribution in [0.2, 0.25) is 0 Å². The number of amides is 1. The Morgan fingerprint density at radius 3 is 2.71 bits per heavy atom. The molecule has 8 heteroatoms. The maximum atomic E-state index is 11.7. The van der Waals surface area contributed by atoms with Crippen molar-refractivity contribution in [2.24, 2.45) is 11.7 Å². The van der Waals surface area contributed by atoms with E-state index in [0.717, 1.165) is 6.42 Å². The normalized spacial score (nSPS) is 27.5. The first-order valence-electron chi connectivity index (χ1n) is 8.19. The van der Waals surface area contributed by atoms with Gasteiger partial charge >= 0.3 is 0 Å². The van der Waals surface area contributed by atoms with Crippen molar-refractivity contribution in [3.8, 4) is 0 Å². The molecular formula is C16H26BN5O2. The summed E-state index contributed by atoms with van der Waals surface area (Å²) >= 11 is 0. The lowest BCUT2D eigenvalue weighted by atomic mass is 9.64. The number of carbonyl (C=O) groups is 1. The summed E-state index contributed by atoms with van der Waals surface area (Å²) in [6.45, 7) is 7.94. The number of aliphatic hydroxyl groups excluding tert-OH is 1. The largest absolute Gasteiger partial charge is 0.393 e. The Morgan fingerprint density at radius 2 is 2.17 bits per heavy atom. The lowest BCUT2D eigenvalue weighted by Gasteiger charge is -2.41. The SMILES string of the molecule is [B][C@@]1(Nc2nc(NC(C)(C)C)ncc2C(N)=O)CC[C@@H](C)[C@H](O)C1. The highest BCUT2D eigenvalue weighted by Gasteiger charge is 2.35. The van der Waals surface area contributed by atoms with Crippen LogP contribution in [0.4, 0.5) is 11.8 Å². The Bertz CT molecular complexity index is 619. The summed E-state index contributed by atoms with van der Waals surface area (Å²) in [6, 6.07) is 0. The molecule has 130 valence electrons. The summed E-state index contributed by atoms with van der Waals surface area (Å²) in [5.41, 5.74) is 4.52. The zero-order valence-electron chi connectivity index (χ0n) is 14.8. The van der Waals surface area contributed by atoms with Gasteiger partial charge in [-0.05, 0) is 46.0 Å². The summed E-state index contributed by atoms with van der Waals surface area (Å²) in [7, 11) is 6.39. The molecule has 1 aromatic heterocycles. The van der Waals surface area contributed by atoms with Crippen LogP contribution in [0.1, 0.15) is 57.3 Å². The molecule has 1 saturated carbocycles. The third-order valence-electron chi connectivity index (χ3n) is 4.18. The number of carbonyl (C=O) groups excluding carboxylic acids is 1. The van der Waals surface area contributed by atoms with E-state index in [1.54, 1.807) is 0 Å². The molecule has 3 atom stereocenters. The lowest BCUT2D eigenvalue weighted by Crippen LogP contribution is -2.48. The molecule has 0 spiro atoms. The molecule has 5 N–H and O–H groups in total. The molecule has 2 rings (SSSR count). The molecule has 24 heavy (non-hydrogen) atoms. The van der Waals surface area contributed by atoms with Crippen LogP contribution in [0.3, 0.4) is 0 Å². The number of aliphatic hydroxyl groups is 1. The zero-order chi connectivity index (χ0) is 18.1. The van der Waals surface area contributed by atoms with Gasteiger partial charge in [0.2, 0.25) is 5.95 Å². The summed E-state index contributed by atoms with van der Waals surface area (Å²) < 4.78 is 0. The van der Waals surface area contributed by atoms with Crippen molar-refractivity contribution in [2.45, 2.75) is 64.0 Å². The zero-order valence-corrected chi connectivity index (χ0v) is 14.8. The number of nitrogens with two attached hydrogens (primary N) is 1. The van der Waals surface area contributed by atoms with Gasteiger partial charge in [-0.1, -0.05) is 6.92 Å². The van der Waals surface area contributed by atoms with E-state index in [-0.39, 0.29) is 22.8 Å². The molecule has 0 bridgehead atoms. The molecule has 1 aliphatic rings. The molecule has 1 fully saturated rings. The Kier molecular flexibility index (Phi) is 5.08. The van der Waals surface area contributed by atoms with Gasteiger partial charge in [-0.15, -0.1) is 0 Å². The Hall–Kier alpha value is -1.83. The second-order valence-electron chi connectivity index (χ2n) is 7.76. The summed E-state index contributed by atoms with van der Waals surface area (Å²) in [5, 5.41) is 16.4. The van der Waals surface area contributed by atoms with Crippen molar-refractivity contribution in [2.75, 3.05) is 10.6 Å². The number of nitrogens with one attached hydrogen (secondary N) is 2. The molecule has 1 aliphatic carbocycles. The van der Waals surface area contributed by atoms with Crippen molar-refractivity contribution >= 4 is 25.5 Å². The molecule has 0 aliphatic heterocycles. The number of nitrogens with zero attached hydrogens (tertiary/aromatic N) is 2. The number of rotatable bonds is 4. The minimum atomic E-state index is -0.844. The van der Waals surface area contributed by atoms with Crippen molar-refractivity contribution in [1.29, 1.82) is 0 Å². The van der Waals surface area contributed by atoms with E-state index < -0.39 is 17.4 Å². The van der Waals surface area contributed by atoms with E-state index in [2.05, 4.69) is 20.6 Å². The molecular weight excluding hydrogens is 305 g/mol. The highest BCUT2D eigenvalue weighted by molar-refractivity contribution is 6.17. The molecule has 7 nitrogen and oxygen atoms in total. The van der Waals surface area contributed by atoms with Gasteiger partial charge in [-0.25, -0.2) is 4.98 Å². The molecule has 2 radical (unpaired) electrons. The van der Waals surface area contributed by atoms with Crippen molar-refractivity contribution in [1.82, 2.24) is 9.97 Å². The molecule has 1 heterocycles. The van der Waals surface area contributed by atoms with E-state index in [9.17, 15) is 9.90 Å². The highest BCUT2D eigenvalue weighted by Crippen LogP contribution is 2.33. The minimum absolute atomic E-state index is 0.174. The maximum Gasteiger partial charge on any atom is 0.254 e. The van der Waals surface area contributed by atoms with Crippen LogP contribution in [0, 0.1) is 5.92 Å². The first-order valence-corrected chi connectivity index (χ1v) is 8.19. The number of anilines is 2. The third-order valence-corrected chi connectivity index (χ3v) is 4.18. The monoisotopic (exact) mass is 331 g/mol. The smallest absolute Gasteiger partial charge is 0.254 e. The number of aromatic nitrogens is 2. The van der Waals surface area contributed by atoms with E-state index in [4.69, 9.17) is 13.6 Å². The third kappa shape index (κ3) is 4.60. The van der Waals surface area contributed by atoms with Gasteiger partial charge in [-0.2, -0.15) is 4.98 Å². The lowest BCUT2D eigenvalue weighted by molar-refractivity contribution is 0.0662. The van der Waals surface area contributed by atoms with Crippen molar-refractivity contribution < 1.29 is 9.90 Å². The van der Waals surface area contributed by atoms with Crippen molar-refractivity contribution in [3.05, 3.63) is 11.8 Å². The van der Waals surface area contributed by atoms with Gasteiger partial charge in [-0.3, -0.25) is 4.79 Å².